The van der Waals surface area contributed by atoms with Gasteiger partial charge in [0, 0.05) is 30.4 Å². The summed E-state index contributed by atoms with van der Waals surface area (Å²) >= 11 is 0. The van der Waals surface area contributed by atoms with Crippen LogP contribution in [0.1, 0.15) is 38.7 Å². The maximum Gasteiger partial charge on any atom is 0.326 e. The molecule has 2 rings (SSSR count). The Kier molecular flexibility index (Phi) is 6.92. The summed E-state index contributed by atoms with van der Waals surface area (Å²) in [6.07, 6.45) is 3.59. The Hall–Kier alpha value is -2.90. The maximum absolute atomic E-state index is 13.3. The van der Waals surface area contributed by atoms with E-state index in [1.807, 2.05) is 6.92 Å². The minimum absolute atomic E-state index is 0.150. The van der Waals surface area contributed by atoms with E-state index in [2.05, 4.69) is 15.6 Å². The summed E-state index contributed by atoms with van der Waals surface area (Å²) in [5.41, 5.74) is 1.30. The van der Waals surface area contributed by atoms with Gasteiger partial charge in [0.2, 0.25) is 11.8 Å². The molecule has 2 atom stereocenters. The van der Waals surface area contributed by atoms with E-state index in [0.717, 1.165) is 17.4 Å². The van der Waals surface area contributed by atoms with Crippen molar-refractivity contribution >= 4 is 28.7 Å². The maximum atomic E-state index is 13.3. The smallest absolute Gasteiger partial charge is 0.326 e. The highest BCUT2D eigenvalue weighted by atomic mass is 19.1. The second-order valence-corrected chi connectivity index (χ2v) is 6.50. The average Bonchev–Trinajstić information content (AvgIpc) is 2.99. The number of benzene rings is 1. The number of amides is 2. The lowest BCUT2D eigenvalue weighted by molar-refractivity contribution is -0.142. The standard InChI is InChI=1S/C19H24FN3O4/c1-3-4-5-15(19(26)27)23-18(25)17(22-11(2)24)8-12-10-21-16-9-13(20)6-7-14(12)16/h6-7,9-10,15,17,21H,3-5,8H2,1-2H3,(H,22,24)(H,23,25)(H,26,27). The molecule has 0 spiro atoms. The molecule has 0 aliphatic rings. The van der Waals surface area contributed by atoms with Crippen LogP contribution < -0.4 is 10.6 Å². The van der Waals surface area contributed by atoms with Crippen molar-refractivity contribution in [3.63, 3.8) is 0 Å². The van der Waals surface area contributed by atoms with Crippen molar-refractivity contribution in [1.82, 2.24) is 15.6 Å². The molecular weight excluding hydrogens is 353 g/mol. The minimum Gasteiger partial charge on any atom is -0.480 e. The molecule has 0 saturated carbocycles. The SMILES string of the molecule is CCCCC(NC(=O)C(Cc1c[nH]c2cc(F)ccc12)NC(C)=O)C(=O)O. The molecule has 0 aliphatic carbocycles. The summed E-state index contributed by atoms with van der Waals surface area (Å²) in [6, 6.07) is 2.32. The highest BCUT2D eigenvalue weighted by Gasteiger charge is 2.26. The molecule has 8 heteroatoms. The van der Waals surface area contributed by atoms with Gasteiger partial charge in [0.15, 0.2) is 0 Å². The van der Waals surface area contributed by atoms with Crippen LogP contribution >= 0.6 is 0 Å². The van der Waals surface area contributed by atoms with Gasteiger partial charge in [-0.25, -0.2) is 9.18 Å². The van der Waals surface area contributed by atoms with Crippen LogP contribution in [0.5, 0.6) is 0 Å². The monoisotopic (exact) mass is 377 g/mol. The normalized spacial score (nSPS) is 13.1. The molecule has 0 aliphatic heterocycles. The Labute approximate surface area is 156 Å². The molecule has 2 amide bonds. The number of fused-ring (bicyclic) bond motifs is 1. The number of H-pyrrole nitrogens is 1. The first kappa shape index (κ1) is 20.4. The fraction of sp³-hybridized carbons (Fsp3) is 0.421. The third-order valence-corrected chi connectivity index (χ3v) is 4.31. The Morgan fingerprint density at radius 3 is 2.59 bits per heavy atom. The van der Waals surface area contributed by atoms with Crippen LogP contribution in [0.15, 0.2) is 24.4 Å². The highest BCUT2D eigenvalue weighted by Crippen LogP contribution is 2.20. The van der Waals surface area contributed by atoms with E-state index in [0.29, 0.717) is 18.4 Å². The number of nitrogens with one attached hydrogen (secondary N) is 3. The van der Waals surface area contributed by atoms with E-state index < -0.39 is 29.9 Å². The third kappa shape index (κ3) is 5.54. The van der Waals surface area contributed by atoms with Crippen molar-refractivity contribution in [2.75, 3.05) is 0 Å². The number of unbranched alkanes of at least 4 members (excludes halogenated alkanes) is 1. The first-order chi connectivity index (χ1) is 12.8. The van der Waals surface area contributed by atoms with Crippen molar-refractivity contribution in [2.45, 2.75) is 51.6 Å². The lowest BCUT2D eigenvalue weighted by Crippen LogP contribution is -2.52. The Balaban J connectivity index is 2.19. The first-order valence-electron chi connectivity index (χ1n) is 8.87. The number of carboxylic acids is 1. The van der Waals surface area contributed by atoms with E-state index in [-0.39, 0.29) is 12.2 Å². The number of aromatic amines is 1. The Morgan fingerprint density at radius 2 is 1.96 bits per heavy atom. The largest absolute Gasteiger partial charge is 0.480 e. The van der Waals surface area contributed by atoms with Gasteiger partial charge in [-0.3, -0.25) is 9.59 Å². The summed E-state index contributed by atoms with van der Waals surface area (Å²) in [5, 5.41) is 15.1. The van der Waals surface area contributed by atoms with Gasteiger partial charge in [-0.2, -0.15) is 0 Å². The molecule has 1 aromatic heterocycles. The van der Waals surface area contributed by atoms with Gasteiger partial charge in [0.1, 0.15) is 17.9 Å². The van der Waals surface area contributed by atoms with E-state index in [9.17, 15) is 23.9 Å². The number of hydrogen-bond donors (Lipinski definition) is 4. The van der Waals surface area contributed by atoms with Crippen LogP contribution in [0, 0.1) is 5.82 Å². The molecule has 2 aromatic rings. The average molecular weight is 377 g/mol. The highest BCUT2D eigenvalue weighted by molar-refractivity contribution is 5.91. The van der Waals surface area contributed by atoms with Crippen LogP contribution in [-0.4, -0.2) is 40.0 Å². The quantitative estimate of drug-likeness (QED) is 0.536. The van der Waals surface area contributed by atoms with Crippen molar-refractivity contribution in [3.8, 4) is 0 Å². The number of hydrogen-bond acceptors (Lipinski definition) is 3. The second kappa shape index (κ2) is 9.16. The minimum atomic E-state index is -1.11. The molecule has 0 saturated heterocycles. The molecule has 4 N–H and O–H groups in total. The number of aromatic nitrogens is 1. The number of aliphatic carboxylic acids is 1. The number of halogens is 1. The summed E-state index contributed by atoms with van der Waals surface area (Å²) in [5.74, 6) is -2.46. The van der Waals surface area contributed by atoms with E-state index in [1.54, 1.807) is 12.3 Å². The molecule has 1 heterocycles. The van der Waals surface area contributed by atoms with Crippen molar-refractivity contribution in [1.29, 1.82) is 0 Å². The lowest BCUT2D eigenvalue weighted by Gasteiger charge is -2.21. The zero-order valence-corrected chi connectivity index (χ0v) is 15.3. The predicted octanol–water partition coefficient (Wildman–Crippen LogP) is 2.11. The second-order valence-electron chi connectivity index (χ2n) is 6.50. The van der Waals surface area contributed by atoms with Gasteiger partial charge in [-0.05, 0) is 30.2 Å². The molecular formula is C19H24FN3O4. The zero-order valence-electron chi connectivity index (χ0n) is 15.3. The molecule has 0 bridgehead atoms. The van der Waals surface area contributed by atoms with Gasteiger partial charge in [0.25, 0.3) is 0 Å². The molecule has 146 valence electrons. The number of carbonyl (C=O) groups is 3. The number of carbonyl (C=O) groups excluding carboxylic acids is 2. The van der Waals surface area contributed by atoms with Crippen molar-refractivity contribution < 1.29 is 23.9 Å². The van der Waals surface area contributed by atoms with Crippen LogP contribution in [0.2, 0.25) is 0 Å². The topological polar surface area (TPSA) is 111 Å². The van der Waals surface area contributed by atoms with Crippen LogP contribution in [0.25, 0.3) is 10.9 Å². The fourth-order valence-corrected chi connectivity index (χ4v) is 2.94. The fourth-order valence-electron chi connectivity index (χ4n) is 2.94. The predicted molar refractivity (Wildman–Crippen MR) is 98.7 cm³/mol. The zero-order chi connectivity index (χ0) is 20.0. The number of rotatable bonds is 9. The van der Waals surface area contributed by atoms with Crippen molar-refractivity contribution in [2.24, 2.45) is 0 Å². The lowest BCUT2D eigenvalue weighted by atomic mass is 10.0. The van der Waals surface area contributed by atoms with Gasteiger partial charge in [-0.1, -0.05) is 19.8 Å². The van der Waals surface area contributed by atoms with Crippen LogP contribution in [0.4, 0.5) is 4.39 Å². The molecule has 1 aromatic carbocycles. The van der Waals surface area contributed by atoms with Crippen LogP contribution in [-0.2, 0) is 20.8 Å². The molecule has 27 heavy (non-hydrogen) atoms. The third-order valence-electron chi connectivity index (χ3n) is 4.31. The molecule has 2 unspecified atom stereocenters. The summed E-state index contributed by atoms with van der Waals surface area (Å²) in [4.78, 5) is 38.4. The van der Waals surface area contributed by atoms with Crippen LogP contribution in [0.3, 0.4) is 0 Å². The summed E-state index contributed by atoms with van der Waals surface area (Å²) in [7, 11) is 0. The van der Waals surface area contributed by atoms with E-state index in [1.165, 1.54) is 19.1 Å². The summed E-state index contributed by atoms with van der Waals surface area (Å²) in [6.45, 7) is 3.22. The molecule has 7 nitrogen and oxygen atoms in total. The van der Waals surface area contributed by atoms with Gasteiger partial charge in [-0.15, -0.1) is 0 Å². The Bertz CT molecular complexity index is 833. The van der Waals surface area contributed by atoms with Gasteiger partial charge in [0.05, 0.1) is 0 Å². The van der Waals surface area contributed by atoms with E-state index in [4.69, 9.17) is 0 Å². The Morgan fingerprint density at radius 1 is 1.22 bits per heavy atom. The van der Waals surface area contributed by atoms with Crippen molar-refractivity contribution in [3.05, 3.63) is 35.8 Å². The summed E-state index contributed by atoms with van der Waals surface area (Å²) < 4.78 is 13.3. The number of carboxylic acid groups (broad SMARTS) is 1. The van der Waals surface area contributed by atoms with Gasteiger partial charge >= 0.3 is 5.97 Å². The molecule has 0 fully saturated rings. The van der Waals surface area contributed by atoms with Gasteiger partial charge < -0.3 is 20.7 Å². The first-order valence-corrected chi connectivity index (χ1v) is 8.87. The molecule has 0 radical (unpaired) electrons. The van der Waals surface area contributed by atoms with E-state index >= 15 is 0 Å².